The zero-order valence-corrected chi connectivity index (χ0v) is 16.5. The van der Waals surface area contributed by atoms with Crippen LogP contribution in [-0.2, 0) is 4.74 Å². The molecule has 0 radical (unpaired) electrons. The molecule has 7 nitrogen and oxygen atoms in total. The van der Waals surface area contributed by atoms with E-state index < -0.39 is 5.97 Å². The second-order valence-corrected chi connectivity index (χ2v) is 5.93. The highest BCUT2D eigenvalue weighted by atomic mass is 32.2. The number of aromatic nitrogens is 2. The number of hydrogen-bond donors (Lipinski definition) is 0. The molecule has 1 heterocycles. The summed E-state index contributed by atoms with van der Waals surface area (Å²) in [5.41, 5.74) is 1.97. The van der Waals surface area contributed by atoms with Crippen molar-refractivity contribution in [2.45, 2.75) is 19.0 Å². The van der Waals surface area contributed by atoms with E-state index in [0.29, 0.717) is 44.9 Å². The maximum absolute atomic E-state index is 12.5. The molecule has 140 valence electrons. The summed E-state index contributed by atoms with van der Waals surface area (Å²) in [6.07, 6.45) is 1.87. The van der Waals surface area contributed by atoms with Crippen LogP contribution in [0.3, 0.4) is 0 Å². The van der Waals surface area contributed by atoms with E-state index in [1.807, 2.05) is 6.26 Å². The maximum Gasteiger partial charge on any atom is 0.342 e. The van der Waals surface area contributed by atoms with Gasteiger partial charge in [-0.05, 0) is 32.2 Å². The van der Waals surface area contributed by atoms with E-state index in [1.165, 1.54) is 33.1 Å². The van der Waals surface area contributed by atoms with Gasteiger partial charge in [-0.2, -0.15) is 0 Å². The van der Waals surface area contributed by atoms with Crippen LogP contribution in [0.15, 0.2) is 17.3 Å². The molecule has 0 bridgehead atoms. The average Bonchev–Trinajstić information content (AvgIpc) is 2.65. The van der Waals surface area contributed by atoms with Gasteiger partial charge in [-0.25, -0.2) is 14.8 Å². The molecule has 0 saturated heterocycles. The first-order valence-electron chi connectivity index (χ1n) is 7.90. The van der Waals surface area contributed by atoms with Crippen LogP contribution in [0.2, 0.25) is 0 Å². The third kappa shape index (κ3) is 3.85. The molecule has 1 aromatic carbocycles. The van der Waals surface area contributed by atoms with Crippen molar-refractivity contribution in [1.29, 1.82) is 0 Å². The molecular weight excluding hydrogens is 356 g/mol. The first kappa shape index (κ1) is 19.8. The van der Waals surface area contributed by atoms with E-state index in [9.17, 15) is 4.79 Å². The second-order valence-electron chi connectivity index (χ2n) is 5.15. The predicted molar refractivity (Wildman–Crippen MR) is 99.6 cm³/mol. The summed E-state index contributed by atoms with van der Waals surface area (Å²) in [4.78, 5) is 21.4. The lowest BCUT2D eigenvalue weighted by Gasteiger charge is -2.16. The molecule has 0 aliphatic heterocycles. The molecule has 0 aliphatic carbocycles. The highest BCUT2D eigenvalue weighted by Crippen LogP contribution is 2.41. The van der Waals surface area contributed by atoms with Crippen molar-refractivity contribution < 1.29 is 23.7 Å². The molecule has 0 atom stereocenters. The van der Waals surface area contributed by atoms with Crippen LogP contribution >= 0.6 is 11.8 Å². The quantitative estimate of drug-likeness (QED) is 0.412. The number of carbonyl (C=O) groups excluding carboxylic acids is 1. The normalized spacial score (nSPS) is 10.4. The first-order valence-corrected chi connectivity index (χ1v) is 9.13. The minimum Gasteiger partial charge on any atom is -0.493 e. The standard InChI is InChI=1S/C18H22N2O5S/c1-7-25-17(21)14-10(2)19-18(26-6)20-15(14)11-8-12(22-3)16(24-5)13(9-11)23-4/h8-9H,7H2,1-6H3. The van der Waals surface area contributed by atoms with Crippen LogP contribution in [0.5, 0.6) is 17.2 Å². The topological polar surface area (TPSA) is 79.8 Å². The smallest absolute Gasteiger partial charge is 0.342 e. The number of methoxy groups -OCH3 is 3. The minimum atomic E-state index is -0.471. The number of hydrogen-bond acceptors (Lipinski definition) is 8. The average molecular weight is 378 g/mol. The van der Waals surface area contributed by atoms with Gasteiger partial charge in [0.2, 0.25) is 5.75 Å². The van der Waals surface area contributed by atoms with Gasteiger partial charge in [-0.1, -0.05) is 11.8 Å². The lowest BCUT2D eigenvalue weighted by atomic mass is 10.0. The van der Waals surface area contributed by atoms with Crippen LogP contribution in [0.4, 0.5) is 0 Å². The highest BCUT2D eigenvalue weighted by Gasteiger charge is 2.23. The van der Waals surface area contributed by atoms with Gasteiger partial charge in [-0.3, -0.25) is 0 Å². The van der Waals surface area contributed by atoms with Crippen LogP contribution in [0.25, 0.3) is 11.3 Å². The van der Waals surface area contributed by atoms with Gasteiger partial charge in [0.1, 0.15) is 5.56 Å². The van der Waals surface area contributed by atoms with Crippen LogP contribution in [0, 0.1) is 6.92 Å². The summed E-state index contributed by atoms with van der Waals surface area (Å²) >= 11 is 1.39. The van der Waals surface area contributed by atoms with Gasteiger partial charge in [0.15, 0.2) is 16.7 Å². The molecule has 8 heteroatoms. The second kappa shape index (κ2) is 8.75. The van der Waals surface area contributed by atoms with E-state index in [4.69, 9.17) is 18.9 Å². The van der Waals surface area contributed by atoms with E-state index in [2.05, 4.69) is 9.97 Å². The number of benzene rings is 1. The monoisotopic (exact) mass is 378 g/mol. The first-order chi connectivity index (χ1) is 12.5. The molecule has 1 aromatic heterocycles. The molecule has 26 heavy (non-hydrogen) atoms. The number of carbonyl (C=O) groups is 1. The summed E-state index contributed by atoms with van der Waals surface area (Å²) in [5.74, 6) is 0.936. The Balaban J connectivity index is 2.77. The lowest BCUT2D eigenvalue weighted by molar-refractivity contribution is 0.0525. The van der Waals surface area contributed by atoms with Gasteiger partial charge < -0.3 is 18.9 Å². The molecule has 2 rings (SSSR count). The Morgan fingerprint density at radius 3 is 2.15 bits per heavy atom. The minimum absolute atomic E-state index is 0.261. The Kier molecular flexibility index (Phi) is 6.68. The SMILES string of the molecule is CCOC(=O)c1c(C)nc(SC)nc1-c1cc(OC)c(OC)c(OC)c1. The summed E-state index contributed by atoms with van der Waals surface area (Å²) in [5, 5.41) is 0.555. The molecule has 0 amide bonds. The fourth-order valence-corrected chi connectivity index (χ4v) is 2.92. The summed E-state index contributed by atoms with van der Waals surface area (Å²) in [7, 11) is 4.60. The Morgan fingerprint density at radius 1 is 1.08 bits per heavy atom. The molecule has 0 fully saturated rings. The van der Waals surface area contributed by atoms with Crippen molar-refractivity contribution in [3.8, 4) is 28.5 Å². The van der Waals surface area contributed by atoms with E-state index >= 15 is 0 Å². The number of nitrogens with zero attached hydrogens (tertiary/aromatic N) is 2. The van der Waals surface area contributed by atoms with Crippen LogP contribution in [-0.4, -0.2) is 50.1 Å². The zero-order valence-electron chi connectivity index (χ0n) is 15.7. The Labute approximate surface area is 157 Å². The summed E-state index contributed by atoms with van der Waals surface area (Å²) < 4.78 is 21.4. The van der Waals surface area contributed by atoms with Crippen molar-refractivity contribution in [2.24, 2.45) is 0 Å². The van der Waals surface area contributed by atoms with Crippen LogP contribution < -0.4 is 14.2 Å². The van der Waals surface area contributed by atoms with Crippen molar-refractivity contribution in [1.82, 2.24) is 9.97 Å². The maximum atomic E-state index is 12.5. The summed E-state index contributed by atoms with van der Waals surface area (Å²) in [6, 6.07) is 3.49. The van der Waals surface area contributed by atoms with Gasteiger partial charge >= 0.3 is 5.97 Å². The molecule has 0 spiro atoms. The largest absolute Gasteiger partial charge is 0.493 e. The molecule has 0 aliphatic rings. The van der Waals surface area contributed by atoms with Crippen LogP contribution in [0.1, 0.15) is 23.0 Å². The number of ether oxygens (including phenoxy) is 4. The van der Waals surface area contributed by atoms with Gasteiger partial charge in [-0.15, -0.1) is 0 Å². The third-order valence-electron chi connectivity index (χ3n) is 3.67. The number of esters is 1. The van der Waals surface area contributed by atoms with Crippen molar-refractivity contribution in [2.75, 3.05) is 34.2 Å². The Morgan fingerprint density at radius 2 is 1.69 bits per heavy atom. The van der Waals surface area contributed by atoms with Crippen molar-refractivity contribution in [3.63, 3.8) is 0 Å². The zero-order chi connectivity index (χ0) is 19.3. The van der Waals surface area contributed by atoms with E-state index in [-0.39, 0.29) is 6.61 Å². The van der Waals surface area contributed by atoms with E-state index in [1.54, 1.807) is 26.0 Å². The number of thioether (sulfide) groups is 1. The lowest BCUT2D eigenvalue weighted by Crippen LogP contribution is -2.12. The summed E-state index contributed by atoms with van der Waals surface area (Å²) in [6.45, 7) is 3.77. The van der Waals surface area contributed by atoms with E-state index in [0.717, 1.165) is 0 Å². The molecule has 0 unspecified atom stereocenters. The van der Waals surface area contributed by atoms with Gasteiger partial charge in [0.05, 0.1) is 39.3 Å². The fourth-order valence-electron chi connectivity index (χ4n) is 2.51. The Bertz CT molecular complexity index is 785. The molecular formula is C18H22N2O5S. The number of rotatable bonds is 7. The van der Waals surface area contributed by atoms with Gasteiger partial charge in [0, 0.05) is 5.56 Å². The molecule has 0 saturated carbocycles. The third-order valence-corrected chi connectivity index (χ3v) is 4.22. The number of aryl methyl sites for hydroxylation is 1. The highest BCUT2D eigenvalue weighted by molar-refractivity contribution is 7.98. The van der Waals surface area contributed by atoms with Crippen molar-refractivity contribution in [3.05, 3.63) is 23.4 Å². The Hall–Kier alpha value is -2.48. The van der Waals surface area contributed by atoms with Gasteiger partial charge in [0.25, 0.3) is 0 Å². The molecule has 0 N–H and O–H groups in total. The van der Waals surface area contributed by atoms with Crippen molar-refractivity contribution >= 4 is 17.7 Å². The predicted octanol–water partition coefficient (Wildman–Crippen LogP) is 3.38. The fraction of sp³-hybridized carbons (Fsp3) is 0.389. The molecule has 2 aromatic rings.